The molecule has 2 aromatic carbocycles. The largest absolute Gasteiger partial charge is 0.478 e. The molecule has 1 aliphatic rings. The number of aromatic nitrogens is 1. The minimum Gasteiger partial charge on any atom is -0.478 e. The number of aromatic carboxylic acids is 1. The van der Waals surface area contributed by atoms with Gasteiger partial charge >= 0.3 is 5.97 Å². The number of pyridine rings is 1. The Morgan fingerprint density at radius 3 is 2.41 bits per heavy atom. The third-order valence-corrected chi connectivity index (χ3v) is 5.56. The molecule has 4 aromatic rings. The molecule has 0 bridgehead atoms. The Morgan fingerprint density at radius 2 is 1.71 bits per heavy atom. The van der Waals surface area contributed by atoms with Crippen LogP contribution in [0.1, 0.15) is 27.2 Å². The topological polar surface area (TPSA) is 83.6 Å². The summed E-state index contributed by atoms with van der Waals surface area (Å²) in [6.07, 6.45) is 7.02. The molecule has 6 heteroatoms. The van der Waals surface area contributed by atoms with Gasteiger partial charge in [0.25, 0.3) is 5.91 Å². The highest BCUT2D eigenvalue weighted by molar-refractivity contribution is 6.10. The van der Waals surface area contributed by atoms with E-state index in [4.69, 9.17) is 9.52 Å². The number of hydrogen-bond donors (Lipinski definition) is 1. The van der Waals surface area contributed by atoms with Crippen molar-refractivity contribution in [3.05, 3.63) is 125 Å². The number of benzene rings is 2. The Kier molecular flexibility index (Phi) is 5.62. The summed E-state index contributed by atoms with van der Waals surface area (Å²) >= 11 is 0. The summed E-state index contributed by atoms with van der Waals surface area (Å²) in [6, 6.07) is 23.7. The van der Waals surface area contributed by atoms with Crippen LogP contribution in [0.4, 0.5) is 0 Å². The number of carboxylic acids is 1. The van der Waals surface area contributed by atoms with Gasteiger partial charge in [-0.2, -0.15) is 0 Å². The number of hydrogen-bond acceptors (Lipinski definition) is 4. The zero-order valence-electron chi connectivity index (χ0n) is 18.1. The number of nitrogens with zero attached hydrogens (tertiary/aromatic N) is 2. The highest BCUT2D eigenvalue weighted by atomic mass is 16.4. The molecule has 0 unspecified atom stereocenters. The van der Waals surface area contributed by atoms with Crippen LogP contribution >= 0.6 is 0 Å². The molecule has 3 heterocycles. The fourth-order valence-corrected chi connectivity index (χ4v) is 3.84. The third-order valence-electron chi connectivity index (χ3n) is 5.56. The molecule has 0 fully saturated rings. The fraction of sp³-hybridized carbons (Fsp3) is 0.0357. The zero-order chi connectivity index (χ0) is 23.5. The van der Waals surface area contributed by atoms with Gasteiger partial charge in [0.15, 0.2) is 0 Å². The maximum Gasteiger partial charge on any atom is 0.335 e. The minimum absolute atomic E-state index is 0.152. The van der Waals surface area contributed by atoms with Gasteiger partial charge in [0, 0.05) is 23.5 Å². The summed E-state index contributed by atoms with van der Waals surface area (Å²) in [6.45, 7) is 0.315. The fourth-order valence-electron chi connectivity index (χ4n) is 3.84. The van der Waals surface area contributed by atoms with Crippen LogP contribution in [0.15, 0.2) is 107 Å². The van der Waals surface area contributed by atoms with E-state index >= 15 is 0 Å². The average molecular weight is 448 g/mol. The van der Waals surface area contributed by atoms with E-state index in [1.807, 2.05) is 60.7 Å². The van der Waals surface area contributed by atoms with Crippen molar-refractivity contribution in [1.29, 1.82) is 0 Å². The number of amides is 1. The normalized spacial score (nSPS) is 14.5. The molecule has 0 atom stereocenters. The molecule has 34 heavy (non-hydrogen) atoms. The van der Waals surface area contributed by atoms with E-state index in [0.29, 0.717) is 23.6 Å². The monoisotopic (exact) mass is 448 g/mol. The van der Waals surface area contributed by atoms with Crippen LogP contribution in [-0.4, -0.2) is 26.9 Å². The Labute approximate surface area is 196 Å². The molecule has 6 nitrogen and oxygen atoms in total. The molecule has 0 spiro atoms. The number of rotatable bonds is 6. The molecule has 0 radical (unpaired) electrons. The second-order valence-corrected chi connectivity index (χ2v) is 7.83. The molecule has 1 amide bonds. The van der Waals surface area contributed by atoms with Crippen LogP contribution < -0.4 is 0 Å². The van der Waals surface area contributed by atoms with Gasteiger partial charge in [-0.15, -0.1) is 0 Å². The van der Waals surface area contributed by atoms with E-state index in [2.05, 4.69) is 4.98 Å². The van der Waals surface area contributed by atoms with Gasteiger partial charge in [-0.05, 0) is 59.7 Å². The molecule has 5 rings (SSSR count). The van der Waals surface area contributed by atoms with Gasteiger partial charge in [0.1, 0.15) is 11.5 Å². The predicted molar refractivity (Wildman–Crippen MR) is 128 cm³/mol. The Morgan fingerprint density at radius 1 is 0.941 bits per heavy atom. The number of carbonyl (C=O) groups excluding carboxylic acids is 1. The highest BCUT2D eigenvalue weighted by Gasteiger charge is 2.29. The smallest absolute Gasteiger partial charge is 0.335 e. The molecular formula is C28H20N2O4. The van der Waals surface area contributed by atoms with E-state index in [-0.39, 0.29) is 11.5 Å². The lowest BCUT2D eigenvalue weighted by Crippen LogP contribution is -2.25. The van der Waals surface area contributed by atoms with Crippen molar-refractivity contribution < 1.29 is 19.1 Å². The third kappa shape index (κ3) is 4.29. The van der Waals surface area contributed by atoms with Crippen LogP contribution in [0.5, 0.6) is 0 Å². The van der Waals surface area contributed by atoms with Gasteiger partial charge in [0.2, 0.25) is 0 Å². The Bertz CT molecular complexity index is 1400. The van der Waals surface area contributed by atoms with E-state index in [1.165, 1.54) is 0 Å². The number of furan rings is 1. The van der Waals surface area contributed by atoms with Gasteiger partial charge in [0.05, 0.1) is 17.8 Å². The summed E-state index contributed by atoms with van der Waals surface area (Å²) in [5.74, 6) is 0.107. The molecule has 1 N–H and O–H groups in total. The molecule has 0 saturated carbocycles. The number of carbonyl (C=O) groups is 2. The Hall–Kier alpha value is -4.71. The van der Waals surface area contributed by atoms with Crippen molar-refractivity contribution in [2.75, 3.05) is 0 Å². The second kappa shape index (κ2) is 9.03. The zero-order valence-corrected chi connectivity index (χ0v) is 18.1. The van der Waals surface area contributed by atoms with Crippen molar-refractivity contribution in [2.24, 2.45) is 0 Å². The van der Waals surface area contributed by atoms with Crippen LogP contribution in [-0.2, 0) is 11.3 Å². The molecule has 166 valence electrons. The van der Waals surface area contributed by atoms with Crippen LogP contribution in [0.25, 0.3) is 23.1 Å². The van der Waals surface area contributed by atoms with Crippen molar-refractivity contribution in [3.8, 4) is 11.3 Å². The van der Waals surface area contributed by atoms with Gasteiger partial charge in [-0.1, -0.05) is 42.5 Å². The van der Waals surface area contributed by atoms with Crippen molar-refractivity contribution in [2.45, 2.75) is 6.54 Å². The van der Waals surface area contributed by atoms with E-state index < -0.39 is 5.97 Å². The van der Waals surface area contributed by atoms with E-state index in [0.717, 1.165) is 22.4 Å². The average Bonchev–Trinajstić information content (AvgIpc) is 3.46. The molecular weight excluding hydrogens is 428 g/mol. The second-order valence-electron chi connectivity index (χ2n) is 7.83. The van der Waals surface area contributed by atoms with Crippen molar-refractivity contribution in [3.63, 3.8) is 0 Å². The minimum atomic E-state index is -0.983. The first-order chi connectivity index (χ1) is 16.6. The maximum atomic E-state index is 13.4. The lowest BCUT2D eigenvalue weighted by Gasteiger charge is -2.21. The quantitative estimate of drug-likeness (QED) is 0.394. The molecule has 0 saturated heterocycles. The SMILES string of the molecule is O=C(O)c1ccc(CN2C(=O)/C(=C/c3ccc(-c4cccnc4)o3)C=C2c2ccccc2)cc1. The van der Waals surface area contributed by atoms with Gasteiger partial charge in [-0.25, -0.2) is 4.79 Å². The lowest BCUT2D eigenvalue weighted by atomic mass is 10.1. The van der Waals surface area contributed by atoms with Crippen LogP contribution in [0.3, 0.4) is 0 Å². The maximum absolute atomic E-state index is 13.4. The summed E-state index contributed by atoms with van der Waals surface area (Å²) in [5.41, 5.74) is 4.09. The predicted octanol–water partition coefficient (Wildman–Crippen LogP) is 5.51. The first-order valence-corrected chi connectivity index (χ1v) is 10.7. The summed E-state index contributed by atoms with van der Waals surface area (Å²) in [5, 5.41) is 9.15. The first-order valence-electron chi connectivity index (χ1n) is 10.7. The van der Waals surface area contributed by atoms with Gasteiger partial charge in [-0.3, -0.25) is 9.78 Å². The van der Waals surface area contributed by atoms with E-state index in [1.54, 1.807) is 47.6 Å². The van der Waals surface area contributed by atoms with Crippen LogP contribution in [0, 0.1) is 0 Å². The molecule has 1 aliphatic heterocycles. The standard InChI is InChI=1S/C28H20N2O4/c31-27-23(15-24-12-13-26(34-24)22-7-4-14-29-17-22)16-25(20-5-2-1-3-6-20)30(27)18-19-8-10-21(11-9-19)28(32)33/h1-17H,18H2,(H,32,33)/b23-15+. The molecule has 0 aliphatic carbocycles. The lowest BCUT2D eigenvalue weighted by molar-refractivity contribution is -0.123. The summed E-state index contributed by atoms with van der Waals surface area (Å²) in [7, 11) is 0. The highest BCUT2D eigenvalue weighted by Crippen LogP contribution is 2.33. The Balaban J connectivity index is 1.47. The number of carboxylic acid groups (broad SMARTS) is 1. The molecule has 2 aromatic heterocycles. The summed E-state index contributed by atoms with van der Waals surface area (Å²) < 4.78 is 5.94. The first kappa shape index (κ1) is 21.2. The van der Waals surface area contributed by atoms with Crippen molar-refractivity contribution >= 4 is 23.6 Å². The van der Waals surface area contributed by atoms with Gasteiger partial charge < -0.3 is 14.4 Å². The van der Waals surface area contributed by atoms with Crippen molar-refractivity contribution in [1.82, 2.24) is 9.88 Å². The summed E-state index contributed by atoms with van der Waals surface area (Å²) in [4.78, 5) is 30.4. The van der Waals surface area contributed by atoms with E-state index in [9.17, 15) is 9.59 Å². The van der Waals surface area contributed by atoms with Crippen LogP contribution in [0.2, 0.25) is 0 Å².